The molecule has 8 unspecified atom stereocenters. The first-order chi connectivity index (χ1) is 17.0. The molecule has 0 radical (unpaired) electrons. The van der Waals surface area contributed by atoms with Gasteiger partial charge in [0.15, 0.2) is 11.1 Å². The van der Waals surface area contributed by atoms with Crippen molar-refractivity contribution in [3.05, 3.63) is 40.9 Å². The number of ether oxygens (including phenoxy) is 1. The topological polar surface area (TPSA) is 102 Å². The van der Waals surface area contributed by atoms with Crippen LogP contribution in [0.4, 0.5) is 0 Å². The van der Waals surface area contributed by atoms with E-state index in [4.69, 9.17) is 4.74 Å². The third-order valence-corrected chi connectivity index (χ3v) is 10.5. The molecule has 3 fully saturated rings. The molecule has 198 valence electrons. The van der Waals surface area contributed by atoms with Crippen LogP contribution in [0.5, 0.6) is 0 Å². The minimum atomic E-state index is -0.542. The summed E-state index contributed by atoms with van der Waals surface area (Å²) in [4.78, 5) is 39.9. The van der Waals surface area contributed by atoms with E-state index in [2.05, 4.69) is 62.7 Å². The van der Waals surface area contributed by atoms with Gasteiger partial charge >= 0.3 is 5.97 Å². The Morgan fingerprint density at radius 2 is 1.97 bits per heavy atom. The number of nitrogens with zero attached hydrogens (tertiary/aromatic N) is 1. The monoisotopic (exact) mass is 499 g/mol. The third kappa shape index (κ3) is 4.17. The lowest BCUT2D eigenvalue weighted by molar-refractivity contribution is -0.179. The van der Waals surface area contributed by atoms with Gasteiger partial charge in [0.1, 0.15) is 13.2 Å². The SMILES string of the molecule is C=C1C=CC2(C)C(=C1)CCC1C3CC(C)C(C(=O)COC(=O)CCCCON=O)C3(C)CC(O)C12C. The fraction of sp³-hybridized carbons (Fsp3) is 0.724. The average Bonchev–Trinajstić information content (AvgIpc) is 3.08. The first kappa shape index (κ1) is 26.8. The first-order valence-corrected chi connectivity index (χ1v) is 13.4. The number of unbranched alkanes of at least 4 members (excludes halogenated alkanes) is 1. The van der Waals surface area contributed by atoms with Crippen molar-refractivity contribution in [1.82, 2.24) is 0 Å². The zero-order valence-corrected chi connectivity index (χ0v) is 22.1. The first-order valence-electron chi connectivity index (χ1n) is 13.4. The van der Waals surface area contributed by atoms with Gasteiger partial charge in [-0.25, -0.2) is 0 Å². The van der Waals surface area contributed by atoms with Gasteiger partial charge in [-0.3, -0.25) is 9.59 Å². The van der Waals surface area contributed by atoms with E-state index in [0.717, 1.165) is 24.8 Å². The second-order valence-corrected chi connectivity index (χ2v) is 12.2. The predicted octanol–water partition coefficient (Wildman–Crippen LogP) is 5.49. The summed E-state index contributed by atoms with van der Waals surface area (Å²) in [6, 6.07) is 0. The van der Waals surface area contributed by atoms with E-state index in [1.165, 1.54) is 5.57 Å². The molecule has 0 heterocycles. The highest BCUT2D eigenvalue weighted by Crippen LogP contribution is 2.72. The molecule has 0 aliphatic heterocycles. The fourth-order valence-corrected chi connectivity index (χ4v) is 8.56. The van der Waals surface area contributed by atoms with Gasteiger partial charge in [-0.2, -0.15) is 0 Å². The Morgan fingerprint density at radius 3 is 2.69 bits per heavy atom. The lowest BCUT2D eigenvalue weighted by Crippen LogP contribution is -2.62. The van der Waals surface area contributed by atoms with Crippen LogP contribution in [-0.2, 0) is 19.2 Å². The van der Waals surface area contributed by atoms with Crippen molar-refractivity contribution in [3.8, 4) is 0 Å². The summed E-state index contributed by atoms with van der Waals surface area (Å²) in [5.74, 6) is 0.0927. The van der Waals surface area contributed by atoms with Gasteiger partial charge in [-0.1, -0.05) is 58.1 Å². The van der Waals surface area contributed by atoms with Crippen molar-refractivity contribution in [2.45, 2.75) is 78.7 Å². The molecule has 0 aromatic carbocycles. The highest BCUT2D eigenvalue weighted by molar-refractivity contribution is 5.85. The van der Waals surface area contributed by atoms with Crippen LogP contribution in [0.2, 0.25) is 0 Å². The molecule has 4 aliphatic rings. The molecule has 4 rings (SSSR count). The van der Waals surface area contributed by atoms with Crippen molar-refractivity contribution in [3.63, 3.8) is 0 Å². The number of rotatable bonds is 9. The molecule has 0 aromatic heterocycles. The highest BCUT2D eigenvalue weighted by Gasteiger charge is 2.68. The fourth-order valence-electron chi connectivity index (χ4n) is 8.56. The smallest absolute Gasteiger partial charge is 0.306 e. The van der Waals surface area contributed by atoms with Crippen LogP contribution in [0.1, 0.15) is 72.6 Å². The molecule has 0 aromatic rings. The quantitative estimate of drug-likeness (QED) is 0.195. The largest absolute Gasteiger partial charge is 0.458 e. The number of hydrogen-bond acceptors (Lipinski definition) is 7. The van der Waals surface area contributed by atoms with E-state index in [0.29, 0.717) is 31.1 Å². The summed E-state index contributed by atoms with van der Waals surface area (Å²) in [5.41, 5.74) is 1.50. The number of aliphatic hydroxyl groups excluding tert-OH is 1. The Bertz CT molecular complexity index is 986. The molecule has 0 spiro atoms. The summed E-state index contributed by atoms with van der Waals surface area (Å²) in [7, 11) is 0. The zero-order chi connectivity index (χ0) is 26.3. The van der Waals surface area contributed by atoms with E-state index in [9.17, 15) is 19.6 Å². The average molecular weight is 500 g/mol. The maximum absolute atomic E-state index is 13.5. The Kier molecular flexibility index (Phi) is 7.35. The highest BCUT2D eigenvalue weighted by atomic mass is 16.7. The molecule has 4 aliphatic carbocycles. The van der Waals surface area contributed by atoms with Crippen molar-refractivity contribution in [1.29, 1.82) is 0 Å². The Morgan fingerprint density at radius 1 is 1.22 bits per heavy atom. The molecule has 3 saturated carbocycles. The summed E-state index contributed by atoms with van der Waals surface area (Å²) in [6.45, 7) is 12.9. The van der Waals surface area contributed by atoms with E-state index in [1.807, 2.05) is 0 Å². The number of allylic oxidation sites excluding steroid dienone is 5. The van der Waals surface area contributed by atoms with Crippen LogP contribution in [0, 0.1) is 44.8 Å². The van der Waals surface area contributed by atoms with Crippen LogP contribution in [0.15, 0.2) is 41.3 Å². The number of esters is 1. The number of ketones is 1. The molecule has 0 bridgehead atoms. The van der Waals surface area contributed by atoms with Crippen LogP contribution < -0.4 is 0 Å². The Balaban J connectivity index is 1.48. The van der Waals surface area contributed by atoms with Gasteiger partial charge in [-0.15, -0.1) is 4.91 Å². The zero-order valence-electron chi connectivity index (χ0n) is 22.1. The van der Waals surface area contributed by atoms with Crippen LogP contribution in [0.25, 0.3) is 0 Å². The number of aliphatic hydroxyl groups is 1. The molecule has 7 heteroatoms. The van der Waals surface area contributed by atoms with Gasteiger partial charge in [0, 0.05) is 23.2 Å². The standard InChI is InChI=1S/C29H41NO6/c1-18-11-12-28(4)20(14-18)9-10-21-22-15-19(2)26(27(22,3)16-24(32)29(21,28)5)23(31)17-35-25(33)8-6-7-13-36-30-34/h11-12,14,19,21-22,24,26,32H,1,6-10,13,15-17H2,2-5H3. The number of carbonyl (C=O) groups excluding carboxylic acids is 2. The van der Waals surface area contributed by atoms with Gasteiger partial charge in [0.25, 0.3) is 0 Å². The van der Waals surface area contributed by atoms with E-state index in [-0.39, 0.29) is 53.5 Å². The van der Waals surface area contributed by atoms with Crippen LogP contribution in [-0.4, -0.2) is 36.2 Å². The van der Waals surface area contributed by atoms with Gasteiger partial charge in [0.05, 0.1) is 6.10 Å². The number of fused-ring (bicyclic) bond motifs is 5. The molecule has 0 amide bonds. The molecule has 0 saturated heterocycles. The summed E-state index contributed by atoms with van der Waals surface area (Å²) < 4.78 is 5.34. The molecular formula is C29H41NO6. The van der Waals surface area contributed by atoms with E-state index < -0.39 is 12.1 Å². The maximum atomic E-state index is 13.5. The van der Waals surface area contributed by atoms with E-state index in [1.54, 1.807) is 0 Å². The van der Waals surface area contributed by atoms with Crippen molar-refractivity contribution in [2.24, 2.45) is 45.3 Å². The molecular weight excluding hydrogens is 458 g/mol. The predicted molar refractivity (Wildman–Crippen MR) is 136 cm³/mol. The lowest BCUT2D eigenvalue weighted by Gasteiger charge is -2.65. The van der Waals surface area contributed by atoms with Gasteiger partial charge in [0.2, 0.25) is 0 Å². The van der Waals surface area contributed by atoms with Crippen molar-refractivity contribution >= 4 is 11.8 Å². The third-order valence-electron chi connectivity index (χ3n) is 10.5. The Hall–Kier alpha value is -2.28. The van der Waals surface area contributed by atoms with Crippen LogP contribution >= 0.6 is 0 Å². The summed E-state index contributed by atoms with van der Waals surface area (Å²) in [6.07, 6.45) is 10.7. The minimum absolute atomic E-state index is 0.0402. The van der Waals surface area contributed by atoms with Crippen molar-refractivity contribution < 1.29 is 24.3 Å². The Labute approximate surface area is 214 Å². The second-order valence-electron chi connectivity index (χ2n) is 12.2. The molecule has 7 nitrogen and oxygen atoms in total. The summed E-state index contributed by atoms with van der Waals surface area (Å²) in [5, 5.41) is 14.1. The van der Waals surface area contributed by atoms with Crippen molar-refractivity contribution in [2.75, 3.05) is 13.2 Å². The van der Waals surface area contributed by atoms with E-state index >= 15 is 0 Å². The summed E-state index contributed by atoms with van der Waals surface area (Å²) >= 11 is 0. The van der Waals surface area contributed by atoms with Gasteiger partial charge in [-0.05, 0) is 67.3 Å². The lowest BCUT2D eigenvalue weighted by atomic mass is 9.40. The number of Topliss-reactive ketones (excluding diaryl/α,β-unsaturated/α-hetero) is 1. The molecule has 1 N–H and O–H groups in total. The number of carbonyl (C=O) groups is 2. The van der Waals surface area contributed by atoms with Crippen LogP contribution in [0.3, 0.4) is 0 Å². The normalized spacial score (nSPS) is 41.0. The minimum Gasteiger partial charge on any atom is -0.458 e. The maximum Gasteiger partial charge on any atom is 0.306 e. The van der Waals surface area contributed by atoms with Gasteiger partial charge < -0.3 is 14.7 Å². The number of hydrogen-bond donors (Lipinski definition) is 1. The molecule has 36 heavy (non-hydrogen) atoms. The second kappa shape index (κ2) is 9.88. The molecule has 8 atom stereocenters.